The van der Waals surface area contributed by atoms with Crippen LogP contribution in [0, 0.1) is 0 Å². The van der Waals surface area contributed by atoms with Crippen molar-refractivity contribution >= 4 is 22.5 Å². The summed E-state index contributed by atoms with van der Waals surface area (Å²) in [7, 11) is 4.05. The predicted octanol–water partition coefficient (Wildman–Crippen LogP) is 4.16. The number of likely N-dealkylation sites (tertiary alicyclic amines) is 1. The van der Waals surface area contributed by atoms with Crippen molar-refractivity contribution in [1.29, 1.82) is 0 Å². The zero-order valence-electron chi connectivity index (χ0n) is 18.8. The molecule has 1 atom stereocenters. The third-order valence-corrected chi connectivity index (χ3v) is 5.89. The fourth-order valence-corrected chi connectivity index (χ4v) is 4.09. The van der Waals surface area contributed by atoms with Crippen molar-refractivity contribution in [2.24, 2.45) is 7.05 Å². The van der Waals surface area contributed by atoms with E-state index in [2.05, 4.69) is 37.3 Å². The number of nitrogens with zero attached hydrogens (tertiary/aromatic N) is 6. The first-order valence-electron chi connectivity index (χ1n) is 11.1. The van der Waals surface area contributed by atoms with E-state index in [0.717, 1.165) is 23.1 Å². The predicted molar refractivity (Wildman–Crippen MR) is 126 cm³/mol. The molecule has 0 spiro atoms. The van der Waals surface area contributed by atoms with Crippen molar-refractivity contribution in [3.8, 4) is 17.4 Å². The number of ether oxygens (including phenoxy) is 2. The number of hydrogen-bond acceptors (Lipinski definition) is 8. The number of nitrogens with one attached hydrogen (secondary N) is 1. The van der Waals surface area contributed by atoms with E-state index in [1.165, 1.54) is 25.7 Å². The first-order valence-corrected chi connectivity index (χ1v) is 11.1. The minimum atomic E-state index is 0.494. The summed E-state index contributed by atoms with van der Waals surface area (Å²) in [5.74, 6) is 3.26. The molecule has 1 saturated heterocycles. The van der Waals surface area contributed by atoms with Crippen LogP contribution in [-0.2, 0) is 7.05 Å². The van der Waals surface area contributed by atoms with Gasteiger partial charge in [-0.05, 0) is 57.1 Å². The Kier molecular flexibility index (Phi) is 6.03. The molecule has 170 valence electrons. The number of hydrogen-bond donors (Lipinski definition) is 1. The monoisotopic (exact) mass is 445 g/mol. The first-order chi connectivity index (χ1) is 16.1. The lowest BCUT2D eigenvalue weighted by molar-refractivity contribution is 0.232. The van der Waals surface area contributed by atoms with Crippen LogP contribution in [0.3, 0.4) is 0 Å². The number of rotatable bonds is 8. The van der Waals surface area contributed by atoms with Crippen LogP contribution in [0.5, 0.6) is 17.4 Å². The number of pyridine rings is 1. The number of benzene rings is 1. The molecule has 0 bridgehead atoms. The van der Waals surface area contributed by atoms with Gasteiger partial charge in [0, 0.05) is 36.8 Å². The molecule has 0 saturated carbocycles. The molecule has 9 heteroatoms. The van der Waals surface area contributed by atoms with Gasteiger partial charge in [-0.2, -0.15) is 5.10 Å². The molecule has 0 amide bonds. The number of fused-ring (bicyclic) bond motifs is 1. The zero-order chi connectivity index (χ0) is 22.6. The smallest absolute Gasteiger partial charge is 0.219 e. The molecule has 5 rings (SSSR count). The maximum atomic E-state index is 5.97. The van der Waals surface area contributed by atoms with E-state index >= 15 is 0 Å². The van der Waals surface area contributed by atoms with Crippen molar-refractivity contribution in [1.82, 2.24) is 29.6 Å². The molecule has 33 heavy (non-hydrogen) atoms. The van der Waals surface area contributed by atoms with E-state index in [0.29, 0.717) is 35.9 Å². The lowest BCUT2D eigenvalue weighted by Crippen LogP contribution is -2.26. The molecule has 4 aromatic rings. The molecular weight excluding hydrogens is 418 g/mol. The normalized spacial score (nSPS) is 16.2. The van der Waals surface area contributed by atoms with Gasteiger partial charge in [0.05, 0.1) is 18.3 Å². The third-order valence-electron chi connectivity index (χ3n) is 5.89. The van der Waals surface area contributed by atoms with Crippen LogP contribution in [-0.4, -0.2) is 55.9 Å². The van der Waals surface area contributed by atoms with E-state index < -0.39 is 0 Å². The summed E-state index contributed by atoms with van der Waals surface area (Å²) in [5, 5.41) is 8.41. The molecule has 0 radical (unpaired) electrons. The Morgan fingerprint density at radius 1 is 1.06 bits per heavy atom. The summed E-state index contributed by atoms with van der Waals surface area (Å²) in [6.45, 7) is 1.87. The van der Waals surface area contributed by atoms with Gasteiger partial charge < -0.3 is 19.7 Å². The highest BCUT2D eigenvalue weighted by Crippen LogP contribution is 2.29. The van der Waals surface area contributed by atoms with Crippen molar-refractivity contribution < 1.29 is 9.47 Å². The van der Waals surface area contributed by atoms with Gasteiger partial charge in [-0.25, -0.2) is 15.0 Å². The van der Waals surface area contributed by atoms with E-state index in [-0.39, 0.29) is 0 Å². The third kappa shape index (κ3) is 5.04. The second kappa shape index (κ2) is 9.41. The Bertz CT molecular complexity index is 1230. The van der Waals surface area contributed by atoms with Gasteiger partial charge in [0.15, 0.2) is 5.82 Å². The highest BCUT2D eigenvalue weighted by molar-refractivity contribution is 5.91. The molecule has 3 aromatic heterocycles. The molecule has 1 aliphatic rings. The van der Waals surface area contributed by atoms with Crippen LogP contribution in [0.15, 0.2) is 55.1 Å². The second-order valence-corrected chi connectivity index (χ2v) is 8.25. The standard InChI is InChI=1S/C24H27N7O2/c1-30-11-3-4-17(30)10-13-32-19-6-8-23(25-15-19)33-18-5-7-21-20(14-18)24(27-16-26-21)28-22-9-12-31(2)29-22/h5-9,12,14-17H,3-4,10-11,13H2,1-2H3,(H,26,27,28,29). The van der Waals surface area contributed by atoms with Crippen LogP contribution < -0.4 is 14.8 Å². The van der Waals surface area contributed by atoms with Gasteiger partial charge in [-0.15, -0.1) is 0 Å². The molecule has 1 aromatic carbocycles. The van der Waals surface area contributed by atoms with Crippen molar-refractivity contribution in [3.63, 3.8) is 0 Å². The zero-order valence-corrected chi connectivity index (χ0v) is 18.8. The Morgan fingerprint density at radius 3 is 2.73 bits per heavy atom. The Balaban J connectivity index is 1.24. The first kappa shape index (κ1) is 21.1. The van der Waals surface area contributed by atoms with Gasteiger partial charge in [0.1, 0.15) is 23.6 Å². The fourth-order valence-electron chi connectivity index (χ4n) is 4.09. The fraction of sp³-hybridized carbons (Fsp3) is 0.333. The second-order valence-electron chi connectivity index (χ2n) is 8.25. The van der Waals surface area contributed by atoms with Gasteiger partial charge in [-0.3, -0.25) is 4.68 Å². The molecule has 1 aliphatic heterocycles. The maximum absolute atomic E-state index is 5.97. The summed E-state index contributed by atoms with van der Waals surface area (Å²) >= 11 is 0. The Labute approximate surface area is 192 Å². The summed E-state index contributed by atoms with van der Waals surface area (Å²) in [6, 6.07) is 11.9. The van der Waals surface area contributed by atoms with E-state index in [9.17, 15) is 0 Å². The maximum Gasteiger partial charge on any atom is 0.219 e. The molecule has 9 nitrogen and oxygen atoms in total. The van der Waals surface area contributed by atoms with Crippen LogP contribution in [0.4, 0.5) is 11.6 Å². The highest BCUT2D eigenvalue weighted by Gasteiger charge is 2.20. The Hall–Kier alpha value is -3.72. The largest absolute Gasteiger partial charge is 0.492 e. The topological polar surface area (TPSA) is 90.2 Å². The number of anilines is 2. The summed E-state index contributed by atoms with van der Waals surface area (Å²) in [5.41, 5.74) is 0.806. The van der Waals surface area contributed by atoms with E-state index in [4.69, 9.17) is 9.47 Å². The van der Waals surface area contributed by atoms with Gasteiger partial charge in [0.2, 0.25) is 5.88 Å². The molecule has 1 N–H and O–H groups in total. The lowest BCUT2D eigenvalue weighted by Gasteiger charge is -2.19. The average molecular weight is 446 g/mol. The van der Waals surface area contributed by atoms with Crippen LogP contribution in [0.25, 0.3) is 10.9 Å². The van der Waals surface area contributed by atoms with Gasteiger partial charge >= 0.3 is 0 Å². The molecule has 0 aliphatic carbocycles. The summed E-state index contributed by atoms with van der Waals surface area (Å²) < 4.78 is 13.6. The van der Waals surface area contributed by atoms with Crippen LogP contribution in [0.1, 0.15) is 19.3 Å². The van der Waals surface area contributed by atoms with Gasteiger partial charge in [0.25, 0.3) is 0 Å². The van der Waals surface area contributed by atoms with Crippen LogP contribution in [0.2, 0.25) is 0 Å². The van der Waals surface area contributed by atoms with E-state index in [1.54, 1.807) is 10.9 Å². The summed E-state index contributed by atoms with van der Waals surface area (Å²) in [6.07, 6.45) is 8.65. The SMILES string of the molecule is CN1CCCC1CCOc1ccc(Oc2ccc3ncnc(Nc4ccn(C)n4)c3c2)nc1. The molecule has 1 unspecified atom stereocenters. The Morgan fingerprint density at radius 2 is 1.97 bits per heavy atom. The molecule has 4 heterocycles. The average Bonchev–Trinajstić information content (AvgIpc) is 3.43. The minimum Gasteiger partial charge on any atom is -0.492 e. The van der Waals surface area contributed by atoms with Crippen molar-refractivity contribution in [2.75, 3.05) is 25.5 Å². The number of aromatic nitrogens is 5. The quantitative estimate of drug-likeness (QED) is 0.432. The number of aryl methyl sites for hydroxylation is 1. The molecular formula is C24H27N7O2. The van der Waals surface area contributed by atoms with Crippen molar-refractivity contribution in [2.45, 2.75) is 25.3 Å². The summed E-state index contributed by atoms with van der Waals surface area (Å²) in [4.78, 5) is 15.5. The lowest BCUT2D eigenvalue weighted by atomic mass is 10.1. The van der Waals surface area contributed by atoms with Gasteiger partial charge in [-0.1, -0.05) is 0 Å². The van der Waals surface area contributed by atoms with Crippen LogP contribution >= 0.6 is 0 Å². The molecule has 1 fully saturated rings. The minimum absolute atomic E-state index is 0.494. The van der Waals surface area contributed by atoms with E-state index in [1.807, 2.05) is 49.6 Å². The highest BCUT2D eigenvalue weighted by atomic mass is 16.5. The van der Waals surface area contributed by atoms with Crippen molar-refractivity contribution in [3.05, 3.63) is 55.1 Å².